The number of ether oxygens (including phenoxy) is 2. The highest BCUT2D eigenvalue weighted by molar-refractivity contribution is 6.01. The molecule has 0 amide bonds. The lowest BCUT2D eigenvalue weighted by atomic mass is 9.97. The fourth-order valence-corrected chi connectivity index (χ4v) is 2.41. The van der Waals surface area contributed by atoms with Gasteiger partial charge in [-0.1, -0.05) is 30.3 Å². The fraction of sp³-hybridized carbons (Fsp3) is 0.227. The van der Waals surface area contributed by atoms with Gasteiger partial charge in [0.2, 0.25) is 0 Å². The maximum absolute atomic E-state index is 12.1. The zero-order chi connectivity index (χ0) is 21.4. The largest absolute Gasteiger partial charge is 0.482 e. The van der Waals surface area contributed by atoms with Crippen LogP contribution in [0.15, 0.2) is 66.7 Å². The summed E-state index contributed by atoms with van der Waals surface area (Å²) in [5, 5.41) is 18.4. The lowest BCUT2D eigenvalue weighted by Crippen LogP contribution is -2.31. The Bertz CT molecular complexity index is 878. The Kier molecular flexibility index (Phi) is 7.27. The van der Waals surface area contributed by atoms with Crippen molar-refractivity contribution < 1.29 is 34.1 Å². The van der Waals surface area contributed by atoms with Crippen molar-refractivity contribution in [3.8, 4) is 5.75 Å². The van der Waals surface area contributed by atoms with E-state index in [4.69, 9.17) is 14.6 Å². The summed E-state index contributed by atoms with van der Waals surface area (Å²) < 4.78 is 11.0. The third-order valence-corrected chi connectivity index (χ3v) is 3.86. The monoisotopic (exact) mass is 398 g/mol. The molecule has 152 valence electrons. The van der Waals surface area contributed by atoms with Crippen molar-refractivity contribution in [3.05, 3.63) is 77.9 Å². The summed E-state index contributed by atoms with van der Waals surface area (Å²) in [4.78, 5) is 34.3. The Morgan fingerprint density at radius 1 is 1.00 bits per heavy atom. The summed E-state index contributed by atoms with van der Waals surface area (Å²) in [5.41, 5.74) is -0.391. The first-order valence-corrected chi connectivity index (χ1v) is 8.83. The summed E-state index contributed by atoms with van der Waals surface area (Å²) >= 11 is 0. The van der Waals surface area contributed by atoms with Gasteiger partial charge in [0.25, 0.3) is 0 Å². The molecule has 0 fully saturated rings. The number of carbonyl (C=O) groups excluding carboxylic acids is 2. The van der Waals surface area contributed by atoms with Gasteiger partial charge in [-0.05, 0) is 43.7 Å². The third-order valence-electron chi connectivity index (χ3n) is 3.86. The molecule has 2 aromatic rings. The number of hydrogen-bond donors (Lipinski definition) is 2. The molecule has 0 aliphatic carbocycles. The number of carbonyl (C=O) groups is 3. The fourth-order valence-electron chi connectivity index (χ4n) is 2.41. The van der Waals surface area contributed by atoms with Gasteiger partial charge in [0.1, 0.15) is 18.0 Å². The van der Waals surface area contributed by atoms with Crippen LogP contribution in [-0.2, 0) is 14.3 Å². The van der Waals surface area contributed by atoms with E-state index in [0.717, 1.165) is 11.6 Å². The third kappa shape index (κ3) is 6.90. The minimum absolute atomic E-state index is 0.142. The van der Waals surface area contributed by atoms with E-state index >= 15 is 0 Å². The molecule has 29 heavy (non-hydrogen) atoms. The Morgan fingerprint density at radius 3 is 2.17 bits per heavy atom. The Balaban J connectivity index is 2.13. The lowest BCUT2D eigenvalue weighted by Gasteiger charge is -2.20. The number of rotatable bonds is 9. The maximum Gasteiger partial charge on any atom is 0.331 e. The predicted molar refractivity (Wildman–Crippen MR) is 105 cm³/mol. The Morgan fingerprint density at radius 2 is 1.62 bits per heavy atom. The van der Waals surface area contributed by atoms with E-state index in [2.05, 4.69) is 0 Å². The first-order chi connectivity index (χ1) is 13.7. The van der Waals surface area contributed by atoms with Crippen LogP contribution in [0.5, 0.6) is 5.75 Å². The van der Waals surface area contributed by atoms with E-state index < -0.39 is 29.4 Å². The Hall–Kier alpha value is -3.45. The van der Waals surface area contributed by atoms with Crippen LogP contribution >= 0.6 is 0 Å². The van der Waals surface area contributed by atoms with E-state index in [1.165, 1.54) is 13.8 Å². The van der Waals surface area contributed by atoms with Gasteiger partial charge in [0, 0.05) is 17.7 Å². The SMILES string of the molecule is CC(C)(O)C(=O)c1ccc(OC(COC(=O)/C=C/C(=O)O)c2ccccc2)cc1. The molecule has 2 N–H and O–H groups in total. The van der Waals surface area contributed by atoms with Crippen LogP contribution in [0.25, 0.3) is 0 Å². The molecule has 7 heteroatoms. The van der Waals surface area contributed by atoms with Gasteiger partial charge >= 0.3 is 11.9 Å². The summed E-state index contributed by atoms with van der Waals surface area (Å²) in [6.07, 6.45) is 0.870. The molecule has 0 aliphatic rings. The molecule has 2 rings (SSSR count). The van der Waals surface area contributed by atoms with Gasteiger partial charge in [-0.25, -0.2) is 9.59 Å². The van der Waals surface area contributed by atoms with Crippen molar-refractivity contribution in [2.75, 3.05) is 6.61 Å². The van der Waals surface area contributed by atoms with Gasteiger partial charge in [0.15, 0.2) is 11.9 Å². The number of aliphatic carboxylic acids is 1. The van der Waals surface area contributed by atoms with Crippen LogP contribution in [-0.4, -0.2) is 40.1 Å². The average molecular weight is 398 g/mol. The molecule has 0 bridgehead atoms. The molecule has 1 atom stereocenters. The molecule has 1 unspecified atom stereocenters. The molecule has 7 nitrogen and oxygen atoms in total. The number of ketones is 1. The van der Waals surface area contributed by atoms with E-state index in [0.29, 0.717) is 17.4 Å². The van der Waals surface area contributed by atoms with E-state index in [1.807, 2.05) is 18.2 Å². The summed E-state index contributed by atoms with van der Waals surface area (Å²) in [6.45, 7) is 2.69. The van der Waals surface area contributed by atoms with Crippen molar-refractivity contribution in [1.29, 1.82) is 0 Å². The maximum atomic E-state index is 12.1. The summed E-state index contributed by atoms with van der Waals surface area (Å²) in [5.74, 6) is -2.03. The minimum atomic E-state index is -1.48. The number of hydrogen-bond acceptors (Lipinski definition) is 6. The average Bonchev–Trinajstić information content (AvgIpc) is 2.69. The molecule has 0 spiro atoms. The van der Waals surface area contributed by atoms with Gasteiger partial charge in [-0.15, -0.1) is 0 Å². The van der Waals surface area contributed by atoms with Crippen LogP contribution in [0.3, 0.4) is 0 Å². The molecule has 0 aliphatic heterocycles. The van der Waals surface area contributed by atoms with Gasteiger partial charge in [0.05, 0.1) is 0 Å². The lowest BCUT2D eigenvalue weighted by molar-refractivity contribution is -0.141. The van der Waals surface area contributed by atoms with Crippen LogP contribution in [0.1, 0.15) is 35.9 Å². The second-order valence-electron chi connectivity index (χ2n) is 6.73. The zero-order valence-electron chi connectivity index (χ0n) is 16.1. The standard InChI is InChI=1S/C22H22O7/c1-22(2,27)21(26)16-8-10-17(11-9-16)29-18(15-6-4-3-5-7-15)14-28-20(25)13-12-19(23)24/h3-13,18,27H,14H2,1-2H3,(H,23,24)/b13-12+. The highest BCUT2D eigenvalue weighted by Gasteiger charge is 2.25. The highest BCUT2D eigenvalue weighted by atomic mass is 16.6. The smallest absolute Gasteiger partial charge is 0.331 e. The van der Waals surface area contributed by atoms with Gasteiger partial charge < -0.3 is 19.7 Å². The topological polar surface area (TPSA) is 110 Å². The normalized spacial score (nSPS) is 12.4. The molecule has 0 heterocycles. The minimum Gasteiger partial charge on any atom is -0.482 e. The quantitative estimate of drug-likeness (QED) is 0.380. The summed E-state index contributed by atoms with van der Waals surface area (Å²) in [6, 6.07) is 15.3. The van der Waals surface area contributed by atoms with E-state index in [9.17, 15) is 19.5 Å². The second kappa shape index (κ2) is 9.66. The molecular formula is C22H22O7. The molecule has 0 saturated heterocycles. The summed E-state index contributed by atoms with van der Waals surface area (Å²) in [7, 11) is 0. The first kappa shape index (κ1) is 21.8. The van der Waals surface area contributed by atoms with Crippen molar-refractivity contribution in [3.63, 3.8) is 0 Å². The van der Waals surface area contributed by atoms with Crippen molar-refractivity contribution in [2.24, 2.45) is 0 Å². The van der Waals surface area contributed by atoms with Gasteiger partial charge in [-0.3, -0.25) is 4.79 Å². The van der Waals surface area contributed by atoms with Crippen LogP contribution in [0.2, 0.25) is 0 Å². The van der Waals surface area contributed by atoms with Crippen LogP contribution in [0, 0.1) is 0 Å². The number of benzene rings is 2. The van der Waals surface area contributed by atoms with E-state index in [1.54, 1.807) is 36.4 Å². The molecule has 0 saturated carbocycles. The van der Waals surface area contributed by atoms with Crippen LogP contribution in [0.4, 0.5) is 0 Å². The number of aliphatic hydroxyl groups is 1. The highest BCUT2D eigenvalue weighted by Crippen LogP contribution is 2.24. The number of carboxylic acids is 1. The number of Topliss-reactive ketones (excluding diaryl/α,β-unsaturated/α-hetero) is 1. The zero-order valence-corrected chi connectivity index (χ0v) is 16.1. The van der Waals surface area contributed by atoms with Gasteiger partial charge in [-0.2, -0.15) is 0 Å². The van der Waals surface area contributed by atoms with Crippen molar-refractivity contribution in [1.82, 2.24) is 0 Å². The molecule has 2 aromatic carbocycles. The van der Waals surface area contributed by atoms with E-state index in [-0.39, 0.29) is 6.61 Å². The molecular weight excluding hydrogens is 376 g/mol. The second-order valence-corrected chi connectivity index (χ2v) is 6.73. The Labute approximate surface area is 168 Å². The molecule has 0 radical (unpaired) electrons. The first-order valence-electron chi connectivity index (χ1n) is 8.83. The van der Waals surface area contributed by atoms with Crippen LogP contribution < -0.4 is 4.74 Å². The number of esters is 1. The van der Waals surface area contributed by atoms with Crippen molar-refractivity contribution in [2.45, 2.75) is 25.6 Å². The number of carboxylic acid groups (broad SMARTS) is 1. The molecule has 0 aromatic heterocycles. The van der Waals surface area contributed by atoms with Crippen molar-refractivity contribution >= 4 is 17.7 Å². The predicted octanol–water partition coefficient (Wildman–Crippen LogP) is 2.94.